The second kappa shape index (κ2) is 9.92. The summed E-state index contributed by atoms with van der Waals surface area (Å²) >= 11 is 1.33. The predicted octanol–water partition coefficient (Wildman–Crippen LogP) is 3.60. The largest absolute Gasteiger partial charge is 0.494 e. The average Bonchev–Trinajstić information content (AvgIpc) is 3.47. The van der Waals surface area contributed by atoms with Gasteiger partial charge in [0.1, 0.15) is 11.4 Å². The van der Waals surface area contributed by atoms with E-state index >= 15 is 0 Å². The van der Waals surface area contributed by atoms with E-state index in [2.05, 4.69) is 15.5 Å². The van der Waals surface area contributed by atoms with Gasteiger partial charge in [0.25, 0.3) is 0 Å². The minimum absolute atomic E-state index is 0.0260. The number of tetrazole rings is 1. The molecule has 0 N–H and O–H groups in total. The third-order valence-electron chi connectivity index (χ3n) is 6.06. The number of carbonyl (C=O) groups excluding carboxylic acids is 1. The van der Waals surface area contributed by atoms with Crippen molar-refractivity contribution in [2.45, 2.75) is 37.4 Å². The molecule has 1 amide bonds. The monoisotopic (exact) mass is 481 g/mol. The number of thioether (sulfide) groups is 1. The SMILES string of the molecule is COc1ccc(C)cc1-n1nnnc1SCC(=O)N1CCCC1c1ccc2c(c1)OCCCO2. The molecule has 9 nitrogen and oxygen atoms in total. The molecule has 1 saturated heterocycles. The smallest absolute Gasteiger partial charge is 0.233 e. The van der Waals surface area contributed by atoms with Crippen LogP contribution in [0.1, 0.15) is 36.4 Å². The number of aromatic nitrogens is 4. The van der Waals surface area contributed by atoms with Crippen LogP contribution in [0.2, 0.25) is 0 Å². The van der Waals surface area contributed by atoms with Gasteiger partial charge >= 0.3 is 0 Å². The summed E-state index contributed by atoms with van der Waals surface area (Å²) in [6, 6.07) is 11.9. The molecular formula is C24H27N5O4S. The number of benzene rings is 2. The Morgan fingerprint density at radius 2 is 2.00 bits per heavy atom. The Balaban J connectivity index is 1.30. The predicted molar refractivity (Wildman–Crippen MR) is 127 cm³/mol. The molecule has 1 aromatic heterocycles. The van der Waals surface area contributed by atoms with Crippen LogP contribution in [0.4, 0.5) is 0 Å². The van der Waals surface area contributed by atoms with Crippen molar-refractivity contribution in [2.75, 3.05) is 32.6 Å². The molecule has 10 heteroatoms. The van der Waals surface area contributed by atoms with E-state index in [1.54, 1.807) is 11.8 Å². The van der Waals surface area contributed by atoms with Crippen molar-refractivity contribution < 1.29 is 19.0 Å². The lowest BCUT2D eigenvalue weighted by Crippen LogP contribution is -2.32. The summed E-state index contributed by atoms with van der Waals surface area (Å²) in [5.74, 6) is 2.50. The van der Waals surface area contributed by atoms with Crippen molar-refractivity contribution in [1.82, 2.24) is 25.1 Å². The van der Waals surface area contributed by atoms with Crippen molar-refractivity contribution in [1.29, 1.82) is 0 Å². The standard InChI is InChI=1S/C24H27N5O4S/c1-16-6-8-20(31-2)19(13-16)29-24(25-26-27-29)34-15-23(30)28-10-3-5-18(28)17-7-9-21-22(14-17)33-12-4-11-32-21/h6-9,13-14,18H,3-5,10-12,15H2,1-2H3. The van der Waals surface area contributed by atoms with Gasteiger partial charge in [-0.25, -0.2) is 0 Å². The van der Waals surface area contributed by atoms with E-state index < -0.39 is 0 Å². The number of rotatable bonds is 6. The number of amides is 1. The number of ether oxygens (including phenoxy) is 3. The third-order valence-corrected chi connectivity index (χ3v) is 6.96. The topological polar surface area (TPSA) is 91.6 Å². The molecular weight excluding hydrogens is 454 g/mol. The molecule has 3 aromatic rings. The molecule has 34 heavy (non-hydrogen) atoms. The minimum atomic E-state index is 0.0260. The van der Waals surface area contributed by atoms with Crippen LogP contribution in [0.15, 0.2) is 41.6 Å². The van der Waals surface area contributed by atoms with Gasteiger partial charge in [0.15, 0.2) is 11.5 Å². The van der Waals surface area contributed by atoms with Crippen molar-refractivity contribution >= 4 is 17.7 Å². The van der Waals surface area contributed by atoms with E-state index in [0.29, 0.717) is 24.1 Å². The van der Waals surface area contributed by atoms with Crippen LogP contribution in [-0.2, 0) is 4.79 Å². The summed E-state index contributed by atoms with van der Waals surface area (Å²) in [5, 5.41) is 12.6. The third kappa shape index (κ3) is 4.54. The quantitative estimate of drug-likeness (QED) is 0.493. The van der Waals surface area contributed by atoms with Crippen LogP contribution in [0, 0.1) is 6.92 Å². The lowest BCUT2D eigenvalue weighted by Gasteiger charge is -2.25. The maximum Gasteiger partial charge on any atom is 0.233 e. The van der Waals surface area contributed by atoms with Crippen LogP contribution in [0.3, 0.4) is 0 Å². The van der Waals surface area contributed by atoms with Crippen molar-refractivity contribution in [3.05, 3.63) is 47.5 Å². The number of carbonyl (C=O) groups is 1. The fraction of sp³-hybridized carbons (Fsp3) is 0.417. The summed E-state index contributed by atoms with van der Waals surface area (Å²) in [4.78, 5) is 15.2. The fourth-order valence-corrected chi connectivity index (χ4v) is 5.16. The molecule has 0 spiro atoms. The summed E-state index contributed by atoms with van der Waals surface area (Å²) < 4.78 is 18.7. The highest BCUT2D eigenvalue weighted by atomic mass is 32.2. The van der Waals surface area contributed by atoms with Crippen LogP contribution in [0.5, 0.6) is 17.2 Å². The molecule has 0 aliphatic carbocycles. The lowest BCUT2D eigenvalue weighted by molar-refractivity contribution is -0.129. The molecule has 2 aromatic carbocycles. The van der Waals surface area contributed by atoms with Crippen LogP contribution in [0.25, 0.3) is 5.69 Å². The van der Waals surface area contributed by atoms with Crippen molar-refractivity contribution in [3.8, 4) is 22.9 Å². The molecule has 2 aliphatic heterocycles. The van der Waals surface area contributed by atoms with E-state index in [9.17, 15) is 4.79 Å². The van der Waals surface area contributed by atoms with E-state index in [1.807, 2.05) is 48.2 Å². The number of hydrogen-bond donors (Lipinski definition) is 0. The maximum atomic E-state index is 13.2. The molecule has 2 aliphatic rings. The molecule has 1 fully saturated rings. The highest BCUT2D eigenvalue weighted by Gasteiger charge is 2.31. The van der Waals surface area contributed by atoms with Gasteiger partial charge in [-0.3, -0.25) is 4.79 Å². The minimum Gasteiger partial charge on any atom is -0.494 e. The number of methoxy groups -OCH3 is 1. The average molecular weight is 482 g/mol. The van der Waals surface area contributed by atoms with Gasteiger partial charge in [0.05, 0.1) is 32.1 Å². The van der Waals surface area contributed by atoms with Gasteiger partial charge in [-0.1, -0.05) is 23.9 Å². The van der Waals surface area contributed by atoms with Gasteiger partial charge in [-0.2, -0.15) is 4.68 Å². The zero-order valence-electron chi connectivity index (χ0n) is 19.3. The molecule has 0 saturated carbocycles. The number of likely N-dealkylation sites (tertiary alicyclic amines) is 1. The summed E-state index contributed by atoms with van der Waals surface area (Å²) in [6.45, 7) is 4.03. The summed E-state index contributed by atoms with van der Waals surface area (Å²) in [6.07, 6.45) is 2.76. The maximum absolute atomic E-state index is 13.2. The normalized spacial score (nSPS) is 17.5. The van der Waals surface area contributed by atoms with Crippen molar-refractivity contribution in [2.24, 2.45) is 0 Å². The van der Waals surface area contributed by atoms with Crippen LogP contribution < -0.4 is 14.2 Å². The highest BCUT2D eigenvalue weighted by molar-refractivity contribution is 7.99. The van der Waals surface area contributed by atoms with E-state index in [4.69, 9.17) is 14.2 Å². The van der Waals surface area contributed by atoms with E-state index in [1.165, 1.54) is 11.8 Å². The molecule has 3 heterocycles. The van der Waals surface area contributed by atoms with E-state index in [-0.39, 0.29) is 17.7 Å². The first-order valence-corrected chi connectivity index (χ1v) is 12.4. The molecule has 0 bridgehead atoms. The first-order chi connectivity index (χ1) is 16.6. The number of nitrogens with zero attached hydrogens (tertiary/aromatic N) is 5. The van der Waals surface area contributed by atoms with Gasteiger partial charge in [0.2, 0.25) is 11.1 Å². The fourth-order valence-electron chi connectivity index (χ4n) is 4.39. The summed E-state index contributed by atoms with van der Waals surface area (Å²) in [7, 11) is 1.61. The van der Waals surface area contributed by atoms with Gasteiger partial charge in [-0.15, -0.1) is 5.10 Å². The molecule has 1 unspecified atom stereocenters. The molecule has 5 rings (SSSR count). The Hall–Kier alpha value is -3.27. The van der Waals surface area contributed by atoms with Gasteiger partial charge in [0, 0.05) is 13.0 Å². The Morgan fingerprint density at radius 1 is 1.15 bits per heavy atom. The molecule has 0 radical (unpaired) electrons. The van der Waals surface area contributed by atoms with Crippen LogP contribution >= 0.6 is 11.8 Å². The Morgan fingerprint density at radius 3 is 2.85 bits per heavy atom. The first kappa shape index (κ1) is 22.5. The second-order valence-electron chi connectivity index (χ2n) is 8.34. The Labute approximate surface area is 202 Å². The van der Waals surface area contributed by atoms with Crippen molar-refractivity contribution in [3.63, 3.8) is 0 Å². The van der Waals surface area contributed by atoms with Gasteiger partial charge in [-0.05, 0) is 65.6 Å². The number of hydrogen-bond acceptors (Lipinski definition) is 8. The van der Waals surface area contributed by atoms with Gasteiger partial charge < -0.3 is 19.1 Å². The zero-order chi connectivity index (χ0) is 23.5. The second-order valence-corrected chi connectivity index (χ2v) is 9.28. The molecule has 1 atom stereocenters. The number of fused-ring (bicyclic) bond motifs is 1. The Bertz CT molecular complexity index is 1180. The highest BCUT2D eigenvalue weighted by Crippen LogP contribution is 2.38. The van der Waals surface area contributed by atoms with E-state index in [0.717, 1.165) is 54.1 Å². The van der Waals surface area contributed by atoms with Crippen LogP contribution in [-0.4, -0.2) is 63.6 Å². The first-order valence-electron chi connectivity index (χ1n) is 11.4. The lowest BCUT2D eigenvalue weighted by atomic mass is 10.0. The zero-order valence-corrected chi connectivity index (χ0v) is 20.1. The Kier molecular flexibility index (Phi) is 6.57. The number of aryl methyl sites for hydroxylation is 1. The summed E-state index contributed by atoms with van der Waals surface area (Å²) in [5.41, 5.74) is 2.89. The molecule has 178 valence electrons.